The molecule has 3 unspecified atom stereocenters. The molecule has 1 aromatic carbocycles. The second kappa shape index (κ2) is 4.68. The number of aromatic nitrogens is 2. The van der Waals surface area contributed by atoms with Gasteiger partial charge in [0, 0.05) is 6.04 Å². The van der Waals surface area contributed by atoms with Gasteiger partial charge in [0.2, 0.25) is 0 Å². The Hall–Kier alpha value is -1.84. The molecule has 0 spiro atoms. The van der Waals surface area contributed by atoms with E-state index in [0.717, 1.165) is 22.8 Å². The molecule has 19 heavy (non-hydrogen) atoms. The molecular weight excluding hydrogens is 236 g/mol. The van der Waals surface area contributed by atoms with Gasteiger partial charge in [-0.15, -0.1) is 0 Å². The molecule has 4 nitrogen and oxygen atoms in total. The monoisotopic (exact) mass is 256 g/mol. The number of benzene rings is 1. The largest absolute Gasteiger partial charge is 0.381 e. The molecule has 1 heterocycles. The zero-order valence-electron chi connectivity index (χ0n) is 11.4. The molecule has 1 fully saturated rings. The van der Waals surface area contributed by atoms with Gasteiger partial charge in [-0.05, 0) is 36.8 Å². The second-order valence-corrected chi connectivity index (χ2v) is 5.61. The summed E-state index contributed by atoms with van der Waals surface area (Å²) in [7, 11) is 0. The Morgan fingerprint density at radius 1 is 1.11 bits per heavy atom. The Labute approximate surface area is 113 Å². The predicted molar refractivity (Wildman–Crippen MR) is 78.9 cm³/mol. The highest BCUT2D eigenvalue weighted by atomic mass is 15.1. The van der Waals surface area contributed by atoms with Gasteiger partial charge < -0.3 is 11.1 Å². The topological polar surface area (TPSA) is 63.8 Å². The number of nitrogens with two attached hydrogens (primary N) is 1. The Bertz CT molecular complexity index is 596. The SMILES string of the molecule is CC1CCC(Nc2nc3ccccc3nc2N)C1C. The van der Waals surface area contributed by atoms with Gasteiger partial charge in [-0.2, -0.15) is 0 Å². The molecule has 1 aliphatic carbocycles. The molecule has 0 radical (unpaired) electrons. The molecule has 0 aliphatic heterocycles. The van der Waals surface area contributed by atoms with Crippen molar-refractivity contribution in [1.29, 1.82) is 0 Å². The first-order valence-electron chi connectivity index (χ1n) is 6.94. The molecule has 3 atom stereocenters. The van der Waals surface area contributed by atoms with E-state index in [9.17, 15) is 0 Å². The standard InChI is InChI=1S/C15H20N4/c1-9-7-8-11(10(9)2)18-15-14(16)17-12-5-3-4-6-13(12)19-15/h3-6,9-11H,7-8H2,1-2H3,(H2,16,17)(H,18,19). The summed E-state index contributed by atoms with van der Waals surface area (Å²) < 4.78 is 0. The molecule has 1 aliphatic rings. The lowest BCUT2D eigenvalue weighted by Gasteiger charge is -2.21. The zero-order valence-corrected chi connectivity index (χ0v) is 11.4. The molecule has 3 N–H and O–H groups in total. The van der Waals surface area contributed by atoms with E-state index in [1.807, 2.05) is 24.3 Å². The van der Waals surface area contributed by atoms with Crippen molar-refractivity contribution in [3.05, 3.63) is 24.3 Å². The molecule has 0 saturated heterocycles. The van der Waals surface area contributed by atoms with Gasteiger partial charge in [0.1, 0.15) is 0 Å². The van der Waals surface area contributed by atoms with Crippen molar-refractivity contribution in [2.75, 3.05) is 11.1 Å². The first kappa shape index (κ1) is 12.2. The van der Waals surface area contributed by atoms with Gasteiger partial charge >= 0.3 is 0 Å². The smallest absolute Gasteiger partial charge is 0.169 e. The third-order valence-electron chi connectivity index (χ3n) is 4.38. The van der Waals surface area contributed by atoms with Crippen LogP contribution in [0, 0.1) is 11.8 Å². The predicted octanol–water partition coefficient (Wildman–Crippen LogP) is 3.06. The molecule has 1 saturated carbocycles. The highest BCUT2D eigenvalue weighted by Gasteiger charge is 2.30. The summed E-state index contributed by atoms with van der Waals surface area (Å²) in [6.07, 6.45) is 2.44. The van der Waals surface area contributed by atoms with Crippen LogP contribution in [0.15, 0.2) is 24.3 Å². The Kier molecular flexibility index (Phi) is 3.01. The summed E-state index contributed by atoms with van der Waals surface area (Å²) in [5.41, 5.74) is 7.74. The highest BCUT2D eigenvalue weighted by Crippen LogP contribution is 2.33. The van der Waals surface area contributed by atoms with Gasteiger partial charge in [-0.1, -0.05) is 26.0 Å². The number of anilines is 2. The molecular formula is C15H20N4. The number of para-hydroxylation sites is 2. The van der Waals surface area contributed by atoms with Crippen molar-refractivity contribution in [2.45, 2.75) is 32.7 Å². The van der Waals surface area contributed by atoms with Gasteiger partial charge in [-0.25, -0.2) is 9.97 Å². The first-order valence-corrected chi connectivity index (χ1v) is 6.94. The highest BCUT2D eigenvalue weighted by molar-refractivity contribution is 5.79. The summed E-state index contributed by atoms with van der Waals surface area (Å²) >= 11 is 0. The van der Waals surface area contributed by atoms with Crippen molar-refractivity contribution in [3.8, 4) is 0 Å². The van der Waals surface area contributed by atoms with Crippen LogP contribution >= 0.6 is 0 Å². The van der Waals surface area contributed by atoms with Crippen LogP contribution < -0.4 is 11.1 Å². The zero-order chi connectivity index (χ0) is 13.4. The van der Waals surface area contributed by atoms with Crippen LogP contribution in [0.1, 0.15) is 26.7 Å². The number of fused-ring (bicyclic) bond motifs is 1. The Balaban J connectivity index is 1.90. The minimum absolute atomic E-state index is 0.452. The van der Waals surface area contributed by atoms with E-state index in [2.05, 4.69) is 29.1 Å². The van der Waals surface area contributed by atoms with Crippen LogP contribution in [0.4, 0.5) is 11.6 Å². The van der Waals surface area contributed by atoms with Gasteiger partial charge in [0.25, 0.3) is 0 Å². The molecule has 4 heteroatoms. The van der Waals surface area contributed by atoms with Gasteiger partial charge in [-0.3, -0.25) is 0 Å². The van der Waals surface area contributed by atoms with E-state index in [-0.39, 0.29) is 0 Å². The van der Waals surface area contributed by atoms with Crippen molar-refractivity contribution in [1.82, 2.24) is 9.97 Å². The number of rotatable bonds is 2. The lowest BCUT2D eigenvalue weighted by atomic mass is 9.98. The van der Waals surface area contributed by atoms with E-state index >= 15 is 0 Å². The van der Waals surface area contributed by atoms with E-state index in [4.69, 9.17) is 5.73 Å². The number of nitrogen functional groups attached to an aromatic ring is 1. The number of nitrogens with one attached hydrogen (secondary N) is 1. The minimum atomic E-state index is 0.452. The fraction of sp³-hybridized carbons (Fsp3) is 0.467. The molecule has 2 aromatic rings. The molecule has 3 rings (SSSR count). The summed E-state index contributed by atoms with van der Waals surface area (Å²) in [4.78, 5) is 9.01. The van der Waals surface area contributed by atoms with Crippen LogP contribution in [0.25, 0.3) is 11.0 Å². The lowest BCUT2D eigenvalue weighted by molar-refractivity contribution is 0.435. The fourth-order valence-corrected chi connectivity index (χ4v) is 2.86. The maximum Gasteiger partial charge on any atom is 0.169 e. The quantitative estimate of drug-likeness (QED) is 0.866. The van der Waals surface area contributed by atoms with Crippen molar-refractivity contribution in [3.63, 3.8) is 0 Å². The van der Waals surface area contributed by atoms with E-state index in [1.165, 1.54) is 12.8 Å². The van der Waals surface area contributed by atoms with Gasteiger partial charge in [0.15, 0.2) is 11.6 Å². The van der Waals surface area contributed by atoms with Crippen molar-refractivity contribution in [2.24, 2.45) is 11.8 Å². The first-order chi connectivity index (χ1) is 9.15. The van der Waals surface area contributed by atoms with Gasteiger partial charge in [0.05, 0.1) is 11.0 Å². The maximum absolute atomic E-state index is 6.01. The van der Waals surface area contributed by atoms with E-state index < -0.39 is 0 Å². The minimum Gasteiger partial charge on any atom is -0.381 e. The van der Waals surface area contributed by atoms with Crippen molar-refractivity contribution >= 4 is 22.7 Å². The average Bonchev–Trinajstić information content (AvgIpc) is 2.71. The fourth-order valence-electron chi connectivity index (χ4n) is 2.86. The van der Waals surface area contributed by atoms with E-state index in [0.29, 0.717) is 17.8 Å². The lowest BCUT2D eigenvalue weighted by Crippen LogP contribution is -2.25. The molecule has 100 valence electrons. The molecule has 1 aromatic heterocycles. The normalized spacial score (nSPS) is 26.7. The van der Waals surface area contributed by atoms with Crippen LogP contribution in [0.2, 0.25) is 0 Å². The summed E-state index contributed by atoms with van der Waals surface area (Å²) in [6.45, 7) is 4.60. The summed E-state index contributed by atoms with van der Waals surface area (Å²) in [5, 5.41) is 3.48. The third-order valence-corrected chi connectivity index (χ3v) is 4.38. The Morgan fingerprint density at radius 2 is 1.79 bits per heavy atom. The molecule has 0 amide bonds. The maximum atomic E-state index is 6.01. The number of hydrogen-bond donors (Lipinski definition) is 2. The van der Waals surface area contributed by atoms with Crippen LogP contribution in [0.5, 0.6) is 0 Å². The third kappa shape index (κ3) is 2.23. The second-order valence-electron chi connectivity index (χ2n) is 5.61. The van der Waals surface area contributed by atoms with Crippen LogP contribution in [0.3, 0.4) is 0 Å². The van der Waals surface area contributed by atoms with Crippen LogP contribution in [-0.4, -0.2) is 16.0 Å². The number of hydrogen-bond acceptors (Lipinski definition) is 4. The summed E-state index contributed by atoms with van der Waals surface area (Å²) in [5.74, 6) is 2.62. The van der Waals surface area contributed by atoms with Crippen LogP contribution in [-0.2, 0) is 0 Å². The summed E-state index contributed by atoms with van der Waals surface area (Å²) in [6, 6.07) is 8.27. The van der Waals surface area contributed by atoms with Crippen molar-refractivity contribution < 1.29 is 0 Å². The molecule has 0 bridgehead atoms. The van der Waals surface area contributed by atoms with E-state index in [1.54, 1.807) is 0 Å². The Morgan fingerprint density at radius 3 is 2.42 bits per heavy atom. The average molecular weight is 256 g/mol. The number of nitrogens with zero attached hydrogens (tertiary/aromatic N) is 2.